The van der Waals surface area contributed by atoms with Gasteiger partial charge in [0.2, 0.25) is 5.89 Å². The van der Waals surface area contributed by atoms with Gasteiger partial charge in [-0.15, -0.1) is 0 Å². The third-order valence-electron chi connectivity index (χ3n) is 4.79. The van der Waals surface area contributed by atoms with Crippen LogP contribution in [0.1, 0.15) is 57.7 Å². The lowest BCUT2D eigenvalue weighted by Crippen LogP contribution is -2.28. The molecule has 2 heterocycles. The quantitative estimate of drug-likeness (QED) is 0.463. The van der Waals surface area contributed by atoms with Crippen molar-refractivity contribution in [2.24, 2.45) is 10.8 Å². The van der Waals surface area contributed by atoms with Crippen LogP contribution in [0.15, 0.2) is 40.0 Å². The largest absolute Gasteiger partial charge is 0.441 e. The fourth-order valence-electron chi connectivity index (χ4n) is 2.96. The Morgan fingerprint density at radius 2 is 1.66 bits per heavy atom. The van der Waals surface area contributed by atoms with Crippen molar-refractivity contribution in [2.75, 3.05) is 0 Å². The van der Waals surface area contributed by atoms with E-state index in [4.69, 9.17) is 4.42 Å². The summed E-state index contributed by atoms with van der Waals surface area (Å²) >= 11 is 0. The Kier molecular flexibility index (Phi) is 7.28. The molecular weight excluding hydrogens is 404 g/mol. The Hall–Kier alpha value is -3.84. The Labute approximate surface area is 188 Å². The summed E-state index contributed by atoms with van der Waals surface area (Å²) in [5.41, 5.74) is -0.664. The molecule has 164 valence electrons. The second-order valence-corrected chi connectivity index (χ2v) is 9.12. The minimum absolute atomic E-state index is 0.00599. The zero-order valence-corrected chi connectivity index (χ0v) is 19.2. The van der Waals surface area contributed by atoms with Gasteiger partial charge in [0.25, 0.3) is 0 Å². The number of oxazole rings is 1. The molecule has 0 saturated carbocycles. The molecule has 0 unspecified atom stereocenters. The van der Waals surface area contributed by atoms with Crippen LogP contribution in [-0.4, -0.2) is 21.5 Å². The van der Waals surface area contributed by atoms with E-state index in [9.17, 15) is 20.1 Å². The fraction of sp³-hybridized carbons (Fsp3) is 0.360. The summed E-state index contributed by atoms with van der Waals surface area (Å²) in [6.45, 7) is 10.4. The maximum atomic E-state index is 13.1. The van der Waals surface area contributed by atoms with Crippen LogP contribution < -0.4 is 0 Å². The van der Waals surface area contributed by atoms with Crippen molar-refractivity contribution in [3.8, 4) is 12.1 Å². The monoisotopic (exact) mass is 430 g/mol. The number of allylic oxidation sites excluding steroid dienone is 2. The molecule has 0 aliphatic rings. The summed E-state index contributed by atoms with van der Waals surface area (Å²) in [7, 11) is 0. The van der Waals surface area contributed by atoms with Gasteiger partial charge in [0, 0.05) is 29.5 Å². The van der Waals surface area contributed by atoms with Gasteiger partial charge in [-0.05, 0) is 25.1 Å². The third kappa shape index (κ3) is 5.86. The van der Waals surface area contributed by atoms with Gasteiger partial charge in [0.15, 0.2) is 11.6 Å². The van der Waals surface area contributed by atoms with Crippen LogP contribution in [0.2, 0.25) is 0 Å². The van der Waals surface area contributed by atoms with Crippen LogP contribution in [0.3, 0.4) is 0 Å². The predicted molar refractivity (Wildman–Crippen MR) is 120 cm³/mol. The minimum atomic E-state index is -0.957. The van der Waals surface area contributed by atoms with Crippen LogP contribution in [-0.2, 0) is 16.0 Å². The van der Waals surface area contributed by atoms with Crippen molar-refractivity contribution in [1.82, 2.24) is 9.97 Å². The van der Waals surface area contributed by atoms with Crippen molar-refractivity contribution in [1.29, 1.82) is 10.5 Å². The summed E-state index contributed by atoms with van der Waals surface area (Å²) < 4.78 is 5.77. The highest BCUT2D eigenvalue weighted by molar-refractivity contribution is 6.06. The fourth-order valence-corrected chi connectivity index (χ4v) is 2.96. The number of rotatable bonds is 7. The predicted octanol–water partition coefficient (Wildman–Crippen LogP) is 4.65. The second-order valence-electron chi connectivity index (χ2n) is 9.12. The van der Waals surface area contributed by atoms with Gasteiger partial charge in [-0.25, -0.2) is 4.98 Å². The lowest BCUT2D eigenvalue weighted by molar-refractivity contribution is -0.123. The van der Waals surface area contributed by atoms with E-state index in [-0.39, 0.29) is 35.0 Å². The van der Waals surface area contributed by atoms with Gasteiger partial charge in [0.1, 0.15) is 23.5 Å². The van der Waals surface area contributed by atoms with Gasteiger partial charge < -0.3 is 4.42 Å². The number of hydrogen-bond acceptors (Lipinski definition) is 7. The van der Waals surface area contributed by atoms with Gasteiger partial charge in [-0.3, -0.25) is 14.6 Å². The van der Waals surface area contributed by atoms with E-state index in [2.05, 4.69) is 9.97 Å². The average molecular weight is 431 g/mol. The molecule has 0 aliphatic carbocycles. The summed E-state index contributed by atoms with van der Waals surface area (Å²) in [6.07, 6.45) is 4.56. The van der Waals surface area contributed by atoms with Crippen LogP contribution in [0, 0.1) is 40.4 Å². The SMILES string of the molecule is Cc1nc(/C=C(\C#N)C(=O)C(C)(C)C)oc1CC(C)(C)C(=O)/C(C#N)=C/c1ccccn1. The molecule has 0 amide bonds. The van der Waals surface area contributed by atoms with Crippen molar-refractivity contribution >= 4 is 23.7 Å². The number of ketones is 2. The first kappa shape index (κ1) is 24.4. The first-order chi connectivity index (χ1) is 14.9. The van der Waals surface area contributed by atoms with Gasteiger partial charge in [-0.1, -0.05) is 40.7 Å². The molecule has 2 aromatic rings. The van der Waals surface area contributed by atoms with Crippen LogP contribution in [0.25, 0.3) is 12.2 Å². The molecule has 0 N–H and O–H groups in total. The highest BCUT2D eigenvalue weighted by Gasteiger charge is 2.33. The summed E-state index contributed by atoms with van der Waals surface area (Å²) in [4.78, 5) is 33.9. The van der Waals surface area contributed by atoms with E-state index in [0.717, 1.165) is 0 Å². The maximum Gasteiger partial charge on any atom is 0.220 e. The molecule has 0 spiro atoms. The Balaban J connectivity index is 2.31. The molecule has 32 heavy (non-hydrogen) atoms. The standard InChI is InChI=1S/C25H26N4O3/c1-16-20(32-21(29-16)12-18(15-27)22(30)24(2,3)4)13-25(5,6)23(31)17(14-26)11-19-9-7-8-10-28-19/h7-12H,13H2,1-6H3/b17-11+,18-12+. The first-order valence-corrected chi connectivity index (χ1v) is 10.1. The molecule has 2 rings (SSSR count). The molecule has 0 atom stereocenters. The Morgan fingerprint density at radius 1 is 1.03 bits per heavy atom. The Bertz CT molecular complexity index is 1160. The van der Waals surface area contributed by atoms with E-state index in [1.807, 2.05) is 12.1 Å². The maximum absolute atomic E-state index is 13.1. The zero-order valence-electron chi connectivity index (χ0n) is 19.2. The van der Waals surface area contributed by atoms with Gasteiger partial charge in [-0.2, -0.15) is 10.5 Å². The van der Waals surface area contributed by atoms with Gasteiger partial charge >= 0.3 is 0 Å². The first-order valence-electron chi connectivity index (χ1n) is 10.1. The molecule has 0 radical (unpaired) electrons. The number of carbonyl (C=O) groups excluding carboxylic acids is 2. The number of aromatic nitrogens is 2. The van der Waals surface area contributed by atoms with E-state index >= 15 is 0 Å². The smallest absolute Gasteiger partial charge is 0.220 e. The minimum Gasteiger partial charge on any atom is -0.441 e. The van der Waals surface area contributed by atoms with E-state index < -0.39 is 10.8 Å². The van der Waals surface area contributed by atoms with Crippen molar-refractivity contribution in [2.45, 2.75) is 48.0 Å². The summed E-state index contributed by atoms with van der Waals surface area (Å²) in [5, 5.41) is 18.9. The van der Waals surface area contributed by atoms with Crippen molar-refractivity contribution < 1.29 is 14.0 Å². The molecular formula is C25H26N4O3. The highest BCUT2D eigenvalue weighted by Crippen LogP contribution is 2.29. The van der Waals surface area contributed by atoms with Crippen LogP contribution in [0.4, 0.5) is 0 Å². The topological polar surface area (TPSA) is 121 Å². The second kappa shape index (κ2) is 9.53. The van der Waals surface area contributed by atoms with Crippen LogP contribution >= 0.6 is 0 Å². The average Bonchev–Trinajstić information content (AvgIpc) is 3.07. The van der Waals surface area contributed by atoms with Crippen molar-refractivity contribution in [3.63, 3.8) is 0 Å². The number of nitriles is 2. The van der Waals surface area contributed by atoms with E-state index in [1.54, 1.807) is 65.9 Å². The molecule has 7 nitrogen and oxygen atoms in total. The molecule has 0 aromatic carbocycles. The number of Topliss-reactive ketones (excluding diaryl/α,β-unsaturated/α-hetero) is 2. The van der Waals surface area contributed by atoms with E-state index in [0.29, 0.717) is 17.1 Å². The zero-order chi connectivity index (χ0) is 24.1. The lowest BCUT2D eigenvalue weighted by atomic mass is 9.80. The number of nitrogens with zero attached hydrogens (tertiary/aromatic N) is 4. The normalized spacial score (nSPS) is 12.8. The van der Waals surface area contributed by atoms with Gasteiger partial charge in [0.05, 0.1) is 17.0 Å². The molecule has 0 saturated heterocycles. The number of hydrogen-bond donors (Lipinski definition) is 0. The molecule has 0 aliphatic heterocycles. The molecule has 7 heteroatoms. The van der Waals surface area contributed by atoms with Crippen molar-refractivity contribution in [3.05, 3.63) is 58.6 Å². The third-order valence-corrected chi connectivity index (χ3v) is 4.79. The van der Waals surface area contributed by atoms with Crippen LogP contribution in [0.5, 0.6) is 0 Å². The summed E-state index contributed by atoms with van der Waals surface area (Å²) in [5.74, 6) is -0.0879. The number of pyridine rings is 1. The number of carbonyl (C=O) groups is 2. The van der Waals surface area contributed by atoms with E-state index in [1.165, 1.54) is 12.2 Å². The molecule has 0 fully saturated rings. The highest BCUT2D eigenvalue weighted by atomic mass is 16.4. The summed E-state index contributed by atoms with van der Waals surface area (Å²) in [6, 6.07) is 9.11. The molecule has 2 aromatic heterocycles. The lowest BCUT2D eigenvalue weighted by Gasteiger charge is -2.21. The molecule has 0 bridgehead atoms. The Morgan fingerprint density at radius 3 is 2.19 bits per heavy atom. The number of aryl methyl sites for hydroxylation is 1.